The highest BCUT2D eigenvalue weighted by atomic mass is 32.2. The summed E-state index contributed by atoms with van der Waals surface area (Å²) < 4.78 is 1.57. The number of nitrogens with zero attached hydrogens (tertiary/aromatic N) is 3. The Balaban J connectivity index is 1.79. The largest absolute Gasteiger partial charge is 0.324 e. The topological polar surface area (TPSA) is 76.9 Å². The van der Waals surface area contributed by atoms with Crippen LogP contribution in [0.1, 0.15) is 6.92 Å². The molecule has 26 heavy (non-hydrogen) atoms. The number of benzene rings is 1. The number of aromatic nitrogens is 3. The smallest absolute Gasteiger partial charge is 0.263 e. The van der Waals surface area contributed by atoms with Gasteiger partial charge in [-0.25, -0.2) is 9.97 Å². The van der Waals surface area contributed by atoms with Crippen molar-refractivity contribution in [1.29, 1.82) is 0 Å². The Morgan fingerprint density at radius 3 is 2.81 bits per heavy atom. The summed E-state index contributed by atoms with van der Waals surface area (Å²) in [5.74, 6) is 0.0163. The van der Waals surface area contributed by atoms with Crippen LogP contribution < -0.4 is 10.9 Å². The first-order valence-electron chi connectivity index (χ1n) is 8.05. The Hall–Kier alpha value is -2.32. The quantitative estimate of drug-likeness (QED) is 0.518. The van der Waals surface area contributed by atoms with Gasteiger partial charge >= 0.3 is 0 Å². The molecule has 0 atom stereocenters. The molecule has 8 heteroatoms. The molecular weight excluding hydrogens is 368 g/mol. The van der Waals surface area contributed by atoms with Gasteiger partial charge in [0.05, 0.1) is 16.8 Å². The second-order valence-electron chi connectivity index (χ2n) is 5.36. The van der Waals surface area contributed by atoms with E-state index in [-0.39, 0.29) is 17.2 Å². The standard InChI is InChI=1S/C18H18N4O2S2/c1-3-22-17(24)12-7-6-10-19-16(12)21-18(22)26-11-15(23)20-13-8-4-5-9-14(13)25-2/h4-10H,3,11H2,1-2H3,(H,20,23). The monoisotopic (exact) mass is 386 g/mol. The normalized spacial score (nSPS) is 10.8. The van der Waals surface area contributed by atoms with E-state index in [9.17, 15) is 9.59 Å². The first kappa shape index (κ1) is 18.5. The Labute approximate surface area is 159 Å². The van der Waals surface area contributed by atoms with Crippen molar-refractivity contribution in [3.05, 3.63) is 52.9 Å². The van der Waals surface area contributed by atoms with Crippen LogP contribution in [0.5, 0.6) is 0 Å². The van der Waals surface area contributed by atoms with Gasteiger partial charge in [0.25, 0.3) is 5.56 Å². The van der Waals surface area contributed by atoms with E-state index in [0.717, 1.165) is 10.6 Å². The fourth-order valence-electron chi connectivity index (χ4n) is 2.49. The molecule has 0 aliphatic rings. The minimum Gasteiger partial charge on any atom is -0.324 e. The highest BCUT2D eigenvalue weighted by Gasteiger charge is 2.13. The van der Waals surface area contributed by atoms with Crippen molar-refractivity contribution in [3.63, 3.8) is 0 Å². The fourth-order valence-corrected chi connectivity index (χ4v) is 3.89. The number of amides is 1. The van der Waals surface area contributed by atoms with Crippen molar-refractivity contribution in [2.24, 2.45) is 0 Å². The lowest BCUT2D eigenvalue weighted by Gasteiger charge is -2.11. The zero-order valence-corrected chi connectivity index (χ0v) is 16.1. The van der Waals surface area contributed by atoms with Gasteiger partial charge in [-0.15, -0.1) is 11.8 Å². The maximum atomic E-state index is 12.6. The van der Waals surface area contributed by atoms with Crippen molar-refractivity contribution >= 4 is 46.2 Å². The molecule has 6 nitrogen and oxygen atoms in total. The average molecular weight is 387 g/mol. The van der Waals surface area contributed by atoms with Crippen LogP contribution in [0.4, 0.5) is 5.69 Å². The van der Waals surface area contributed by atoms with Gasteiger partial charge in [0.2, 0.25) is 5.91 Å². The minimum atomic E-state index is -0.144. The number of thioether (sulfide) groups is 2. The molecule has 0 radical (unpaired) electrons. The maximum Gasteiger partial charge on any atom is 0.263 e. The molecule has 0 bridgehead atoms. The van der Waals surface area contributed by atoms with Gasteiger partial charge < -0.3 is 5.32 Å². The third-order valence-corrected chi connectivity index (χ3v) is 5.50. The zero-order valence-electron chi connectivity index (χ0n) is 14.4. The van der Waals surface area contributed by atoms with E-state index in [4.69, 9.17) is 0 Å². The predicted octanol–water partition coefficient (Wildman–Crippen LogP) is 3.26. The van der Waals surface area contributed by atoms with Crippen LogP contribution in [0, 0.1) is 0 Å². The number of hydrogen-bond acceptors (Lipinski definition) is 6. The maximum absolute atomic E-state index is 12.6. The third kappa shape index (κ3) is 3.91. The van der Waals surface area contributed by atoms with E-state index in [1.807, 2.05) is 37.4 Å². The minimum absolute atomic E-state index is 0.138. The Kier molecular flexibility index (Phi) is 5.95. The highest BCUT2D eigenvalue weighted by Crippen LogP contribution is 2.25. The molecule has 2 aromatic heterocycles. The van der Waals surface area contributed by atoms with E-state index in [2.05, 4.69) is 15.3 Å². The molecular formula is C18H18N4O2S2. The number of carbonyl (C=O) groups excluding carboxylic acids is 1. The molecule has 0 spiro atoms. The van der Waals surface area contributed by atoms with Crippen molar-refractivity contribution < 1.29 is 4.79 Å². The summed E-state index contributed by atoms with van der Waals surface area (Å²) in [4.78, 5) is 34.5. The van der Waals surface area contributed by atoms with Crippen LogP contribution in [0.3, 0.4) is 0 Å². The van der Waals surface area contributed by atoms with Crippen molar-refractivity contribution in [3.8, 4) is 0 Å². The summed E-state index contributed by atoms with van der Waals surface area (Å²) in [7, 11) is 0. The van der Waals surface area contributed by atoms with E-state index < -0.39 is 0 Å². The summed E-state index contributed by atoms with van der Waals surface area (Å²) in [5, 5.41) is 3.89. The fraction of sp³-hybridized carbons (Fsp3) is 0.222. The summed E-state index contributed by atoms with van der Waals surface area (Å²) in [6.07, 6.45) is 3.57. The lowest BCUT2D eigenvalue weighted by molar-refractivity contribution is -0.113. The van der Waals surface area contributed by atoms with Crippen LogP contribution in [-0.2, 0) is 11.3 Å². The van der Waals surface area contributed by atoms with Crippen molar-refractivity contribution in [1.82, 2.24) is 14.5 Å². The van der Waals surface area contributed by atoms with E-state index in [0.29, 0.717) is 22.7 Å². The first-order valence-corrected chi connectivity index (χ1v) is 10.3. The zero-order chi connectivity index (χ0) is 18.5. The Morgan fingerprint density at radius 2 is 2.04 bits per heavy atom. The van der Waals surface area contributed by atoms with E-state index in [1.165, 1.54) is 11.8 Å². The second kappa shape index (κ2) is 8.37. The van der Waals surface area contributed by atoms with E-state index in [1.54, 1.807) is 34.7 Å². The molecule has 0 fully saturated rings. The molecule has 0 aliphatic carbocycles. The number of para-hydroxylation sites is 1. The number of carbonyl (C=O) groups is 1. The average Bonchev–Trinajstić information content (AvgIpc) is 2.67. The van der Waals surface area contributed by atoms with E-state index >= 15 is 0 Å². The summed E-state index contributed by atoms with van der Waals surface area (Å²) in [6.45, 7) is 2.36. The molecule has 0 saturated heterocycles. The molecule has 3 rings (SSSR count). The van der Waals surface area contributed by atoms with Crippen LogP contribution in [0.25, 0.3) is 11.0 Å². The van der Waals surface area contributed by atoms with Gasteiger partial charge in [0.15, 0.2) is 10.8 Å². The second-order valence-corrected chi connectivity index (χ2v) is 7.15. The van der Waals surface area contributed by atoms with Gasteiger partial charge in [-0.05, 0) is 37.4 Å². The Morgan fingerprint density at radius 1 is 1.23 bits per heavy atom. The van der Waals surface area contributed by atoms with Gasteiger partial charge in [-0.2, -0.15) is 0 Å². The van der Waals surface area contributed by atoms with Gasteiger partial charge in [-0.1, -0.05) is 23.9 Å². The summed E-state index contributed by atoms with van der Waals surface area (Å²) in [5.41, 5.74) is 1.05. The van der Waals surface area contributed by atoms with Crippen LogP contribution in [0.15, 0.2) is 57.4 Å². The Bertz CT molecular complexity index is 1000. The number of nitrogens with one attached hydrogen (secondary N) is 1. The summed E-state index contributed by atoms with van der Waals surface area (Å²) in [6, 6.07) is 11.1. The lowest BCUT2D eigenvalue weighted by Crippen LogP contribution is -2.23. The lowest BCUT2D eigenvalue weighted by atomic mass is 10.3. The number of anilines is 1. The first-order chi connectivity index (χ1) is 12.6. The molecule has 1 N–H and O–H groups in total. The predicted molar refractivity (Wildman–Crippen MR) is 107 cm³/mol. The van der Waals surface area contributed by atoms with Gasteiger partial charge in [-0.3, -0.25) is 14.2 Å². The summed E-state index contributed by atoms with van der Waals surface area (Å²) >= 11 is 2.81. The van der Waals surface area contributed by atoms with Gasteiger partial charge in [0, 0.05) is 17.6 Å². The number of rotatable bonds is 6. The van der Waals surface area contributed by atoms with Crippen LogP contribution >= 0.6 is 23.5 Å². The van der Waals surface area contributed by atoms with Crippen molar-refractivity contribution in [2.45, 2.75) is 23.5 Å². The van der Waals surface area contributed by atoms with Crippen LogP contribution in [0.2, 0.25) is 0 Å². The van der Waals surface area contributed by atoms with Crippen LogP contribution in [-0.4, -0.2) is 32.5 Å². The molecule has 0 aliphatic heterocycles. The molecule has 2 heterocycles. The molecule has 1 aromatic carbocycles. The molecule has 3 aromatic rings. The molecule has 0 saturated carbocycles. The highest BCUT2D eigenvalue weighted by molar-refractivity contribution is 7.99. The SMILES string of the molecule is CCn1c(SCC(=O)Nc2ccccc2SC)nc2ncccc2c1=O. The molecule has 0 unspecified atom stereocenters. The number of hydrogen-bond donors (Lipinski definition) is 1. The molecule has 1 amide bonds. The number of pyridine rings is 1. The van der Waals surface area contributed by atoms with Gasteiger partial charge in [0.1, 0.15) is 0 Å². The molecule has 134 valence electrons. The number of fused-ring (bicyclic) bond motifs is 1. The third-order valence-electron chi connectivity index (χ3n) is 3.72. The van der Waals surface area contributed by atoms with Crippen molar-refractivity contribution in [2.75, 3.05) is 17.3 Å².